The lowest BCUT2D eigenvalue weighted by Gasteiger charge is -2.34. The number of carbonyl (C=O) groups excluding carboxylic acids is 2. The Balaban J connectivity index is 1.21. The molecule has 4 aromatic rings. The fourth-order valence-corrected chi connectivity index (χ4v) is 4.03. The van der Waals surface area contributed by atoms with Gasteiger partial charge in [0.2, 0.25) is 11.2 Å². The summed E-state index contributed by atoms with van der Waals surface area (Å²) in [5.41, 5.74) is 0.0510. The first kappa shape index (κ1) is 23.2. The number of piperazine rings is 1. The van der Waals surface area contributed by atoms with E-state index in [2.05, 4.69) is 0 Å². The zero-order valence-electron chi connectivity index (χ0n) is 19.6. The first-order chi connectivity index (χ1) is 17.5. The fraction of sp³-hybridized carbons (Fsp3) is 0.222. The molecule has 0 bridgehead atoms. The summed E-state index contributed by atoms with van der Waals surface area (Å²) in [7, 11) is 0. The van der Waals surface area contributed by atoms with Crippen LogP contribution in [-0.4, -0.2) is 54.4 Å². The molecule has 2 amide bonds. The van der Waals surface area contributed by atoms with Crippen molar-refractivity contribution in [2.24, 2.45) is 0 Å². The third-order valence-electron chi connectivity index (χ3n) is 5.96. The number of hydrogen-bond acceptors (Lipinski definition) is 7. The molecular weight excluding hydrogens is 464 g/mol. The van der Waals surface area contributed by atoms with E-state index in [1.807, 2.05) is 18.2 Å². The van der Waals surface area contributed by atoms with E-state index in [1.165, 1.54) is 6.26 Å². The van der Waals surface area contributed by atoms with Crippen LogP contribution >= 0.6 is 0 Å². The van der Waals surface area contributed by atoms with Crippen molar-refractivity contribution in [3.63, 3.8) is 0 Å². The standard InChI is InChI=1S/C27H24N2O7/c1-18-26(36-19-6-3-2-4-7-19)25(31)21-10-9-20(16-23(21)35-18)34-17-24(30)28-11-13-29(14-12-28)27(32)22-8-5-15-33-22/h2-10,15-16H,11-14,17H2,1H3. The third-order valence-corrected chi connectivity index (χ3v) is 5.96. The van der Waals surface area contributed by atoms with Crippen LogP contribution in [0.5, 0.6) is 17.2 Å². The summed E-state index contributed by atoms with van der Waals surface area (Å²) in [6.07, 6.45) is 1.46. The maximum absolute atomic E-state index is 13.0. The van der Waals surface area contributed by atoms with Gasteiger partial charge in [-0.15, -0.1) is 0 Å². The maximum atomic E-state index is 13.0. The molecule has 2 aromatic heterocycles. The molecule has 0 atom stereocenters. The Bertz CT molecular complexity index is 1440. The van der Waals surface area contributed by atoms with Gasteiger partial charge in [0.25, 0.3) is 11.8 Å². The molecule has 1 aliphatic heterocycles. The van der Waals surface area contributed by atoms with Crippen molar-refractivity contribution in [1.82, 2.24) is 9.80 Å². The minimum absolute atomic E-state index is 0.127. The average Bonchev–Trinajstić information content (AvgIpc) is 3.45. The van der Waals surface area contributed by atoms with Crippen LogP contribution in [0.3, 0.4) is 0 Å². The first-order valence-corrected chi connectivity index (χ1v) is 11.5. The normalized spacial score (nSPS) is 13.6. The van der Waals surface area contributed by atoms with Crippen molar-refractivity contribution in [3.8, 4) is 17.2 Å². The Morgan fingerprint density at radius 3 is 2.39 bits per heavy atom. The van der Waals surface area contributed by atoms with Gasteiger partial charge >= 0.3 is 0 Å². The van der Waals surface area contributed by atoms with Gasteiger partial charge in [-0.25, -0.2) is 0 Å². The largest absolute Gasteiger partial charge is 0.484 e. The number of rotatable bonds is 6. The first-order valence-electron chi connectivity index (χ1n) is 11.5. The number of carbonyl (C=O) groups is 2. The van der Waals surface area contributed by atoms with E-state index in [4.69, 9.17) is 18.3 Å². The lowest BCUT2D eigenvalue weighted by atomic mass is 10.2. The Morgan fingerprint density at radius 1 is 0.917 bits per heavy atom. The van der Waals surface area contributed by atoms with Crippen molar-refractivity contribution in [2.75, 3.05) is 32.8 Å². The van der Waals surface area contributed by atoms with Crippen LogP contribution in [0.4, 0.5) is 0 Å². The number of ether oxygens (including phenoxy) is 2. The van der Waals surface area contributed by atoms with Gasteiger partial charge in [-0.2, -0.15) is 0 Å². The van der Waals surface area contributed by atoms with E-state index >= 15 is 0 Å². The van der Waals surface area contributed by atoms with Crippen LogP contribution in [0.25, 0.3) is 11.0 Å². The summed E-state index contributed by atoms with van der Waals surface area (Å²) in [5, 5.41) is 0.350. The van der Waals surface area contributed by atoms with Crippen LogP contribution in [0.2, 0.25) is 0 Å². The highest BCUT2D eigenvalue weighted by molar-refractivity contribution is 5.91. The van der Waals surface area contributed by atoms with Gasteiger partial charge in [-0.05, 0) is 43.3 Å². The molecular formula is C27H24N2O7. The molecule has 1 fully saturated rings. The summed E-state index contributed by atoms with van der Waals surface area (Å²) in [4.78, 5) is 41.3. The Kier molecular flexibility index (Phi) is 6.44. The number of benzene rings is 2. The number of aryl methyl sites for hydroxylation is 1. The van der Waals surface area contributed by atoms with Crippen molar-refractivity contribution >= 4 is 22.8 Å². The number of hydrogen-bond donors (Lipinski definition) is 0. The minimum atomic E-state index is -0.290. The second-order valence-corrected chi connectivity index (χ2v) is 8.33. The molecule has 0 aliphatic carbocycles. The zero-order chi connectivity index (χ0) is 25.1. The fourth-order valence-electron chi connectivity index (χ4n) is 4.03. The van der Waals surface area contributed by atoms with Crippen molar-refractivity contribution in [3.05, 3.63) is 88.7 Å². The quantitative estimate of drug-likeness (QED) is 0.406. The van der Waals surface area contributed by atoms with Crippen molar-refractivity contribution in [1.29, 1.82) is 0 Å². The average molecular weight is 488 g/mol. The van der Waals surface area contributed by atoms with E-state index in [0.29, 0.717) is 54.4 Å². The Labute approximate surface area is 206 Å². The van der Waals surface area contributed by atoms with Crippen LogP contribution in [0.15, 0.2) is 80.6 Å². The molecule has 2 aromatic carbocycles. The summed E-state index contributed by atoms with van der Waals surface area (Å²) in [6.45, 7) is 3.13. The molecule has 9 nitrogen and oxygen atoms in total. The zero-order valence-corrected chi connectivity index (χ0v) is 19.6. The number of nitrogens with zero attached hydrogens (tertiary/aromatic N) is 2. The van der Waals surface area contributed by atoms with Gasteiger partial charge in [0.15, 0.2) is 12.4 Å². The third kappa shape index (κ3) is 4.81. The summed E-state index contributed by atoms with van der Waals surface area (Å²) < 4.78 is 22.4. The van der Waals surface area contributed by atoms with Crippen LogP contribution in [-0.2, 0) is 4.79 Å². The molecule has 9 heteroatoms. The molecule has 36 heavy (non-hydrogen) atoms. The van der Waals surface area contributed by atoms with E-state index in [9.17, 15) is 14.4 Å². The summed E-state index contributed by atoms with van der Waals surface area (Å²) in [5.74, 6) is 1.32. The number of fused-ring (bicyclic) bond motifs is 1. The van der Waals surface area contributed by atoms with Gasteiger partial charge in [0, 0.05) is 32.2 Å². The Hall–Kier alpha value is -4.53. The van der Waals surface area contributed by atoms with Crippen LogP contribution in [0, 0.1) is 6.92 Å². The van der Waals surface area contributed by atoms with Crippen LogP contribution in [0.1, 0.15) is 16.3 Å². The van der Waals surface area contributed by atoms with E-state index in [0.717, 1.165) is 0 Å². The number of furan rings is 1. The molecule has 184 valence electrons. The topological polar surface area (TPSA) is 102 Å². The molecule has 0 N–H and O–H groups in total. The van der Waals surface area contributed by atoms with Crippen molar-refractivity contribution in [2.45, 2.75) is 6.92 Å². The van der Waals surface area contributed by atoms with Gasteiger partial charge in [-0.1, -0.05) is 18.2 Å². The summed E-state index contributed by atoms with van der Waals surface area (Å²) in [6, 6.07) is 17.1. The second-order valence-electron chi connectivity index (χ2n) is 8.33. The van der Waals surface area contributed by atoms with Gasteiger partial charge in [0.1, 0.15) is 22.8 Å². The molecule has 0 spiro atoms. The maximum Gasteiger partial charge on any atom is 0.289 e. The lowest BCUT2D eigenvalue weighted by Crippen LogP contribution is -2.51. The predicted molar refractivity (Wildman–Crippen MR) is 130 cm³/mol. The molecule has 3 heterocycles. The SMILES string of the molecule is Cc1oc2cc(OCC(=O)N3CCN(C(=O)c4ccco4)CC3)ccc2c(=O)c1Oc1ccccc1. The van der Waals surface area contributed by atoms with Gasteiger partial charge in [-0.3, -0.25) is 14.4 Å². The highest BCUT2D eigenvalue weighted by Gasteiger charge is 2.26. The van der Waals surface area contributed by atoms with E-state index in [1.54, 1.807) is 59.2 Å². The molecule has 0 radical (unpaired) electrons. The number of para-hydroxylation sites is 1. The second kappa shape index (κ2) is 9.99. The highest BCUT2D eigenvalue weighted by Crippen LogP contribution is 2.27. The number of amides is 2. The van der Waals surface area contributed by atoms with Gasteiger partial charge < -0.3 is 28.1 Å². The smallest absolute Gasteiger partial charge is 0.289 e. The lowest BCUT2D eigenvalue weighted by molar-refractivity contribution is -0.134. The van der Waals surface area contributed by atoms with E-state index < -0.39 is 0 Å². The highest BCUT2D eigenvalue weighted by atomic mass is 16.5. The van der Waals surface area contributed by atoms with E-state index in [-0.39, 0.29) is 35.4 Å². The predicted octanol–water partition coefficient (Wildman–Crippen LogP) is 3.85. The molecule has 1 aliphatic rings. The van der Waals surface area contributed by atoms with Crippen molar-refractivity contribution < 1.29 is 27.9 Å². The monoisotopic (exact) mass is 488 g/mol. The molecule has 1 saturated heterocycles. The Morgan fingerprint density at radius 2 is 1.67 bits per heavy atom. The molecule has 5 rings (SSSR count). The van der Waals surface area contributed by atoms with Crippen LogP contribution < -0.4 is 14.9 Å². The molecule has 0 unspecified atom stereocenters. The minimum Gasteiger partial charge on any atom is -0.484 e. The van der Waals surface area contributed by atoms with Gasteiger partial charge in [0.05, 0.1) is 11.6 Å². The molecule has 0 saturated carbocycles. The summed E-state index contributed by atoms with van der Waals surface area (Å²) >= 11 is 0.